The average Bonchev–Trinajstić information content (AvgIpc) is 2.90. The Morgan fingerprint density at radius 2 is 1.71 bits per heavy atom. The number of imide groups is 1. The lowest BCUT2D eigenvalue weighted by atomic mass is 10.1. The maximum atomic E-state index is 13.4. The van der Waals surface area contributed by atoms with E-state index in [0.29, 0.717) is 34.1 Å². The van der Waals surface area contributed by atoms with E-state index < -0.39 is 11.7 Å². The van der Waals surface area contributed by atoms with E-state index in [1.165, 1.54) is 36.0 Å². The van der Waals surface area contributed by atoms with Crippen molar-refractivity contribution in [2.75, 3.05) is 11.5 Å². The van der Waals surface area contributed by atoms with Crippen LogP contribution in [0, 0.1) is 5.82 Å². The van der Waals surface area contributed by atoms with Gasteiger partial charge in [-0.05, 0) is 36.2 Å². The molecule has 28 heavy (non-hydrogen) atoms. The Kier molecular flexibility index (Phi) is 6.19. The molecule has 0 fully saturated rings. The molecule has 0 radical (unpaired) electrons. The van der Waals surface area contributed by atoms with Crippen LogP contribution in [0.4, 0.5) is 10.1 Å². The summed E-state index contributed by atoms with van der Waals surface area (Å²) in [7, 11) is 0. The fourth-order valence-corrected chi connectivity index (χ4v) is 3.91. The van der Waals surface area contributed by atoms with Crippen LogP contribution in [0.5, 0.6) is 5.75 Å². The second-order valence-electron chi connectivity index (χ2n) is 6.64. The third-order valence-electron chi connectivity index (χ3n) is 4.10. The molecular formula is C22H22FNO3S. The van der Waals surface area contributed by atoms with Gasteiger partial charge in [-0.3, -0.25) is 9.59 Å². The molecule has 6 heteroatoms. The zero-order chi connectivity index (χ0) is 20.3. The zero-order valence-corrected chi connectivity index (χ0v) is 16.9. The van der Waals surface area contributed by atoms with Gasteiger partial charge in [-0.2, -0.15) is 0 Å². The van der Waals surface area contributed by atoms with E-state index in [0.717, 1.165) is 11.3 Å². The van der Waals surface area contributed by atoms with Crippen molar-refractivity contribution in [1.82, 2.24) is 0 Å². The fraction of sp³-hybridized carbons (Fsp3) is 0.273. The molecule has 2 aromatic rings. The third kappa shape index (κ3) is 3.97. The quantitative estimate of drug-likeness (QED) is 0.612. The van der Waals surface area contributed by atoms with E-state index in [-0.39, 0.29) is 11.2 Å². The van der Waals surface area contributed by atoms with Gasteiger partial charge in [0.15, 0.2) is 0 Å². The fourth-order valence-electron chi connectivity index (χ4n) is 2.92. The molecule has 0 unspecified atom stereocenters. The molecule has 4 nitrogen and oxygen atoms in total. The van der Waals surface area contributed by atoms with E-state index in [9.17, 15) is 14.0 Å². The number of halogens is 1. The minimum atomic E-state index is -0.424. The van der Waals surface area contributed by atoms with E-state index in [1.54, 1.807) is 24.3 Å². The first kappa shape index (κ1) is 20.1. The standard InChI is InChI=1S/C22H22FNO3S/c1-4-13-27-18-8-6-5-7-17(18)24-21(25)19(15-9-11-16(23)12-10-15)20(22(24)26)28-14(2)3/h5-12,14H,4,13H2,1-3H3. The van der Waals surface area contributed by atoms with Crippen LogP contribution in [0.3, 0.4) is 0 Å². The zero-order valence-electron chi connectivity index (χ0n) is 16.1. The van der Waals surface area contributed by atoms with Crippen LogP contribution in [0.1, 0.15) is 32.8 Å². The number of anilines is 1. The number of hydrogen-bond donors (Lipinski definition) is 0. The molecule has 2 aromatic carbocycles. The molecule has 1 aliphatic heterocycles. The number of rotatable bonds is 7. The lowest BCUT2D eigenvalue weighted by molar-refractivity contribution is -0.119. The Balaban J connectivity index is 2.07. The van der Waals surface area contributed by atoms with Gasteiger partial charge in [0, 0.05) is 5.25 Å². The Bertz CT molecular complexity index is 922. The largest absolute Gasteiger partial charge is 0.491 e. The van der Waals surface area contributed by atoms with Crippen LogP contribution in [0.15, 0.2) is 53.4 Å². The number of para-hydroxylation sites is 2. The molecule has 0 N–H and O–H groups in total. The Morgan fingerprint density at radius 1 is 1.04 bits per heavy atom. The van der Waals surface area contributed by atoms with Gasteiger partial charge in [-0.15, -0.1) is 11.8 Å². The van der Waals surface area contributed by atoms with Crippen molar-refractivity contribution < 1.29 is 18.7 Å². The minimum Gasteiger partial charge on any atom is -0.491 e. The molecule has 146 valence electrons. The first-order valence-corrected chi connectivity index (χ1v) is 10.1. The lowest BCUT2D eigenvalue weighted by Crippen LogP contribution is -2.31. The first-order chi connectivity index (χ1) is 13.4. The van der Waals surface area contributed by atoms with Gasteiger partial charge >= 0.3 is 0 Å². The van der Waals surface area contributed by atoms with Crippen molar-refractivity contribution in [1.29, 1.82) is 0 Å². The van der Waals surface area contributed by atoms with Gasteiger partial charge in [-0.1, -0.05) is 45.0 Å². The van der Waals surface area contributed by atoms with E-state index in [4.69, 9.17) is 4.74 Å². The average molecular weight is 399 g/mol. The Hall–Kier alpha value is -2.60. The minimum absolute atomic E-state index is 0.105. The lowest BCUT2D eigenvalue weighted by Gasteiger charge is -2.19. The molecule has 0 atom stereocenters. The highest BCUT2D eigenvalue weighted by atomic mass is 32.2. The molecule has 0 saturated carbocycles. The van der Waals surface area contributed by atoms with Crippen molar-refractivity contribution in [3.05, 3.63) is 64.8 Å². The normalized spacial score (nSPS) is 14.4. The maximum absolute atomic E-state index is 13.4. The summed E-state index contributed by atoms with van der Waals surface area (Å²) in [6.45, 7) is 6.39. The predicted octanol–water partition coefficient (Wildman–Crippen LogP) is 5.04. The molecule has 0 spiro atoms. The number of ether oxygens (including phenoxy) is 1. The summed E-state index contributed by atoms with van der Waals surface area (Å²) in [6, 6.07) is 12.6. The van der Waals surface area contributed by atoms with Gasteiger partial charge in [0.1, 0.15) is 11.6 Å². The monoisotopic (exact) mass is 399 g/mol. The first-order valence-electron chi connectivity index (χ1n) is 9.21. The summed E-state index contributed by atoms with van der Waals surface area (Å²) in [4.78, 5) is 28.1. The van der Waals surface area contributed by atoms with Crippen LogP contribution in [0.25, 0.3) is 5.57 Å². The molecule has 1 aliphatic rings. The van der Waals surface area contributed by atoms with Crippen LogP contribution < -0.4 is 9.64 Å². The summed E-state index contributed by atoms with van der Waals surface area (Å²) < 4.78 is 19.1. The summed E-state index contributed by atoms with van der Waals surface area (Å²) in [5.74, 6) is -0.711. The highest BCUT2D eigenvalue weighted by Gasteiger charge is 2.41. The summed E-state index contributed by atoms with van der Waals surface area (Å²) in [6.07, 6.45) is 0.809. The molecule has 0 aromatic heterocycles. The third-order valence-corrected chi connectivity index (χ3v) is 5.18. The highest BCUT2D eigenvalue weighted by Crippen LogP contribution is 2.42. The van der Waals surface area contributed by atoms with E-state index in [2.05, 4.69) is 0 Å². The van der Waals surface area contributed by atoms with Crippen LogP contribution in [-0.2, 0) is 9.59 Å². The number of carbonyl (C=O) groups is 2. The maximum Gasteiger partial charge on any atom is 0.272 e. The topological polar surface area (TPSA) is 46.6 Å². The number of amides is 2. The number of carbonyl (C=O) groups excluding carboxylic acids is 2. The predicted molar refractivity (Wildman–Crippen MR) is 111 cm³/mol. The SMILES string of the molecule is CCCOc1ccccc1N1C(=O)C(SC(C)C)=C(c2ccc(F)cc2)C1=O. The summed E-state index contributed by atoms with van der Waals surface area (Å²) in [5.41, 5.74) is 1.25. The highest BCUT2D eigenvalue weighted by molar-refractivity contribution is 8.04. The van der Waals surface area contributed by atoms with Crippen molar-refractivity contribution in [2.45, 2.75) is 32.4 Å². The molecule has 0 saturated heterocycles. The van der Waals surface area contributed by atoms with Crippen molar-refractivity contribution >= 4 is 34.8 Å². The van der Waals surface area contributed by atoms with Gasteiger partial charge in [-0.25, -0.2) is 9.29 Å². The van der Waals surface area contributed by atoms with Gasteiger partial charge in [0.05, 0.1) is 22.8 Å². The number of nitrogens with zero attached hydrogens (tertiary/aromatic N) is 1. The van der Waals surface area contributed by atoms with Gasteiger partial charge in [0.25, 0.3) is 11.8 Å². The Morgan fingerprint density at radius 3 is 2.36 bits per heavy atom. The smallest absolute Gasteiger partial charge is 0.272 e. The van der Waals surface area contributed by atoms with Crippen LogP contribution in [-0.4, -0.2) is 23.7 Å². The summed E-state index contributed by atoms with van der Waals surface area (Å²) >= 11 is 1.34. The second-order valence-corrected chi connectivity index (χ2v) is 8.23. The van der Waals surface area contributed by atoms with Crippen molar-refractivity contribution in [3.8, 4) is 5.75 Å². The molecule has 2 amide bonds. The van der Waals surface area contributed by atoms with Crippen molar-refractivity contribution in [3.63, 3.8) is 0 Å². The molecule has 0 aliphatic carbocycles. The van der Waals surface area contributed by atoms with Crippen molar-refractivity contribution in [2.24, 2.45) is 0 Å². The van der Waals surface area contributed by atoms with Crippen LogP contribution in [0.2, 0.25) is 0 Å². The van der Waals surface area contributed by atoms with Gasteiger partial charge < -0.3 is 4.74 Å². The van der Waals surface area contributed by atoms with E-state index in [1.807, 2.05) is 20.8 Å². The number of thioether (sulfide) groups is 1. The number of hydrogen-bond acceptors (Lipinski definition) is 4. The van der Waals surface area contributed by atoms with Gasteiger partial charge in [0.2, 0.25) is 0 Å². The molecule has 1 heterocycles. The van der Waals surface area contributed by atoms with E-state index >= 15 is 0 Å². The van der Waals surface area contributed by atoms with Crippen LogP contribution >= 0.6 is 11.8 Å². The molecule has 3 rings (SSSR count). The molecular weight excluding hydrogens is 377 g/mol. The summed E-state index contributed by atoms with van der Waals surface area (Å²) in [5, 5.41) is 0.105. The molecule has 0 bridgehead atoms. The number of benzene rings is 2. The second kappa shape index (κ2) is 8.61. The Labute approximate surface area is 168 Å².